The Labute approximate surface area is 152 Å². The van der Waals surface area contributed by atoms with Gasteiger partial charge in [-0.2, -0.15) is 0 Å². The van der Waals surface area contributed by atoms with Gasteiger partial charge in [0.15, 0.2) is 0 Å². The quantitative estimate of drug-likeness (QED) is 0.771. The molecule has 0 saturated heterocycles. The van der Waals surface area contributed by atoms with E-state index in [2.05, 4.69) is 15.0 Å². The third-order valence-corrected chi connectivity index (χ3v) is 5.48. The fourth-order valence-electron chi connectivity index (χ4n) is 2.75. The fraction of sp³-hybridized carbons (Fsp3) is 0.333. The number of furan rings is 1. The number of nitrogens with zero attached hydrogens (tertiary/aromatic N) is 1. The van der Waals surface area contributed by atoms with Gasteiger partial charge in [-0.3, -0.25) is 14.5 Å². The molecule has 0 bridgehead atoms. The zero-order valence-corrected chi connectivity index (χ0v) is 15.3. The van der Waals surface area contributed by atoms with Crippen LogP contribution in [-0.4, -0.2) is 32.7 Å². The van der Waals surface area contributed by atoms with E-state index < -0.39 is 10.0 Å². The van der Waals surface area contributed by atoms with Gasteiger partial charge >= 0.3 is 0 Å². The first-order chi connectivity index (χ1) is 12.5. The van der Waals surface area contributed by atoms with Gasteiger partial charge in [0.1, 0.15) is 11.6 Å². The molecule has 2 N–H and O–H groups in total. The summed E-state index contributed by atoms with van der Waals surface area (Å²) in [4.78, 5) is 16.5. The number of aliphatic imine (C=N–C) groups is 1. The summed E-state index contributed by atoms with van der Waals surface area (Å²) >= 11 is 0. The number of carbonyl (C=O) groups is 1. The summed E-state index contributed by atoms with van der Waals surface area (Å²) in [5.41, 5.74) is 0.541. The van der Waals surface area contributed by atoms with E-state index in [-0.39, 0.29) is 29.8 Å². The van der Waals surface area contributed by atoms with Crippen LogP contribution < -0.4 is 10.0 Å². The molecule has 0 radical (unpaired) electrons. The van der Waals surface area contributed by atoms with Crippen molar-refractivity contribution in [2.24, 2.45) is 4.99 Å². The minimum atomic E-state index is -3.54. The monoisotopic (exact) mass is 375 g/mol. The average molecular weight is 375 g/mol. The van der Waals surface area contributed by atoms with Crippen LogP contribution in [0.3, 0.4) is 0 Å². The van der Waals surface area contributed by atoms with E-state index in [1.165, 1.54) is 6.07 Å². The van der Waals surface area contributed by atoms with E-state index in [0.717, 1.165) is 18.6 Å². The maximum Gasteiger partial charge on any atom is 0.263 e. The van der Waals surface area contributed by atoms with Crippen LogP contribution in [-0.2, 0) is 21.2 Å². The summed E-state index contributed by atoms with van der Waals surface area (Å²) in [6, 6.07) is 10.4. The van der Waals surface area contributed by atoms with Crippen LogP contribution in [0.15, 0.2) is 57.0 Å². The standard InChI is InChI=1S/C18H21N3O4S/c1-13(8-9-14-5-4-12-25-14)20-17(22)10-11-19-18-15-6-2-3-7-16(15)26(23,24)21-18/h2-7,12-13H,8-11H2,1H3,(H,19,21)(H,20,22). The molecule has 1 aliphatic heterocycles. The minimum absolute atomic E-state index is 0.0194. The van der Waals surface area contributed by atoms with E-state index in [1.54, 1.807) is 24.5 Å². The number of amides is 1. The van der Waals surface area contributed by atoms with Crippen LogP contribution in [0.1, 0.15) is 31.1 Å². The Morgan fingerprint density at radius 3 is 2.85 bits per heavy atom. The lowest BCUT2D eigenvalue weighted by molar-refractivity contribution is -0.121. The Morgan fingerprint density at radius 2 is 2.08 bits per heavy atom. The summed E-state index contributed by atoms with van der Waals surface area (Å²) in [5, 5.41) is 2.91. The summed E-state index contributed by atoms with van der Waals surface area (Å²) in [6.45, 7) is 2.15. The maximum atomic E-state index is 12.0. The molecule has 0 fully saturated rings. The van der Waals surface area contributed by atoms with Gasteiger partial charge in [0.2, 0.25) is 5.91 Å². The van der Waals surface area contributed by atoms with Gasteiger partial charge in [-0.25, -0.2) is 8.42 Å². The number of hydrogen-bond donors (Lipinski definition) is 2. The molecule has 0 aliphatic carbocycles. The second kappa shape index (κ2) is 7.74. The molecule has 0 saturated carbocycles. The molecule has 1 atom stereocenters. The number of nitrogens with one attached hydrogen (secondary N) is 2. The van der Waals surface area contributed by atoms with Gasteiger partial charge in [-0.1, -0.05) is 12.1 Å². The molecule has 8 heteroatoms. The lowest BCUT2D eigenvalue weighted by Gasteiger charge is -2.12. The van der Waals surface area contributed by atoms with E-state index in [0.29, 0.717) is 11.4 Å². The number of carbonyl (C=O) groups excluding carboxylic acids is 1. The van der Waals surface area contributed by atoms with Gasteiger partial charge < -0.3 is 9.73 Å². The first-order valence-corrected chi connectivity index (χ1v) is 9.92. The second-order valence-corrected chi connectivity index (χ2v) is 7.82. The molecule has 2 aromatic rings. The zero-order valence-electron chi connectivity index (χ0n) is 14.4. The average Bonchev–Trinajstić information content (AvgIpc) is 3.20. The molecule has 1 amide bonds. The molecule has 2 heterocycles. The summed E-state index contributed by atoms with van der Waals surface area (Å²) in [5.74, 6) is 1.07. The molecule has 1 unspecified atom stereocenters. The van der Waals surface area contributed by atoms with Crippen molar-refractivity contribution in [2.75, 3.05) is 6.54 Å². The third kappa shape index (κ3) is 4.32. The summed E-state index contributed by atoms with van der Waals surface area (Å²) in [7, 11) is -3.54. The molecule has 138 valence electrons. The largest absolute Gasteiger partial charge is 0.469 e. The highest BCUT2D eigenvalue weighted by Crippen LogP contribution is 2.22. The van der Waals surface area contributed by atoms with E-state index in [9.17, 15) is 13.2 Å². The molecule has 3 rings (SSSR count). The van der Waals surface area contributed by atoms with E-state index in [1.807, 2.05) is 19.1 Å². The van der Waals surface area contributed by atoms with Crippen LogP contribution >= 0.6 is 0 Å². The van der Waals surface area contributed by atoms with Crippen molar-refractivity contribution in [1.82, 2.24) is 10.0 Å². The predicted octanol–water partition coefficient (Wildman–Crippen LogP) is 1.85. The topological polar surface area (TPSA) is 101 Å². The number of fused-ring (bicyclic) bond motifs is 1. The number of sulfonamides is 1. The predicted molar refractivity (Wildman–Crippen MR) is 97.4 cm³/mol. The van der Waals surface area contributed by atoms with Crippen LogP contribution in [0, 0.1) is 0 Å². The van der Waals surface area contributed by atoms with Crippen molar-refractivity contribution in [3.63, 3.8) is 0 Å². The summed E-state index contributed by atoms with van der Waals surface area (Å²) < 4.78 is 31.7. The lowest BCUT2D eigenvalue weighted by Crippen LogP contribution is -2.33. The SMILES string of the molecule is CC(CCc1ccco1)NC(=O)CCN=C1NS(=O)(=O)c2ccccc21. The highest BCUT2D eigenvalue weighted by atomic mass is 32.2. The normalized spacial score (nSPS) is 17.5. The van der Waals surface area contributed by atoms with Crippen molar-refractivity contribution < 1.29 is 17.6 Å². The van der Waals surface area contributed by atoms with Crippen LogP contribution in [0.25, 0.3) is 0 Å². The summed E-state index contributed by atoms with van der Waals surface area (Å²) in [6.07, 6.45) is 3.36. The molecule has 1 aromatic heterocycles. The van der Waals surface area contributed by atoms with Crippen molar-refractivity contribution in [3.05, 3.63) is 54.0 Å². The van der Waals surface area contributed by atoms with E-state index >= 15 is 0 Å². The van der Waals surface area contributed by atoms with Crippen molar-refractivity contribution in [3.8, 4) is 0 Å². The van der Waals surface area contributed by atoms with Crippen molar-refractivity contribution >= 4 is 21.8 Å². The van der Waals surface area contributed by atoms with Gasteiger partial charge in [-0.15, -0.1) is 0 Å². The Hall–Kier alpha value is -2.61. The molecular formula is C18H21N3O4S. The highest BCUT2D eigenvalue weighted by molar-refractivity contribution is 7.90. The first kappa shape index (κ1) is 18.2. The van der Waals surface area contributed by atoms with Gasteiger partial charge in [-0.05, 0) is 37.6 Å². The first-order valence-electron chi connectivity index (χ1n) is 8.44. The number of hydrogen-bond acceptors (Lipinski definition) is 5. The molecule has 1 aliphatic rings. The van der Waals surface area contributed by atoms with Crippen molar-refractivity contribution in [1.29, 1.82) is 0 Å². The fourth-order valence-corrected chi connectivity index (χ4v) is 4.00. The smallest absolute Gasteiger partial charge is 0.263 e. The van der Waals surface area contributed by atoms with Gasteiger partial charge in [0, 0.05) is 24.4 Å². The molecule has 7 nitrogen and oxygen atoms in total. The lowest BCUT2D eigenvalue weighted by atomic mass is 10.1. The molecule has 1 aromatic carbocycles. The number of amidine groups is 1. The highest BCUT2D eigenvalue weighted by Gasteiger charge is 2.29. The van der Waals surface area contributed by atoms with Crippen LogP contribution in [0.2, 0.25) is 0 Å². The van der Waals surface area contributed by atoms with Gasteiger partial charge in [0.25, 0.3) is 10.0 Å². The number of aryl methyl sites for hydroxylation is 1. The van der Waals surface area contributed by atoms with E-state index in [4.69, 9.17) is 4.42 Å². The Balaban J connectivity index is 1.48. The zero-order chi connectivity index (χ0) is 18.6. The van der Waals surface area contributed by atoms with Gasteiger partial charge in [0.05, 0.1) is 17.7 Å². The van der Waals surface area contributed by atoms with Crippen LogP contribution in [0.5, 0.6) is 0 Å². The van der Waals surface area contributed by atoms with Crippen LogP contribution in [0.4, 0.5) is 0 Å². The Bertz CT molecular complexity index is 904. The number of benzene rings is 1. The Kier molecular flexibility index (Phi) is 5.41. The minimum Gasteiger partial charge on any atom is -0.469 e. The van der Waals surface area contributed by atoms with Crippen molar-refractivity contribution in [2.45, 2.75) is 37.1 Å². The molecule has 0 spiro atoms. The molecule has 26 heavy (non-hydrogen) atoms. The molecular weight excluding hydrogens is 354 g/mol. The third-order valence-electron chi connectivity index (χ3n) is 4.08. The Morgan fingerprint density at radius 1 is 1.27 bits per heavy atom. The number of rotatable bonds is 7. The second-order valence-electron chi connectivity index (χ2n) is 6.17. The maximum absolute atomic E-state index is 12.0.